The van der Waals surface area contributed by atoms with Crippen LogP contribution in [0.25, 0.3) is 0 Å². The number of aliphatic hydroxyl groups is 1. The normalized spacial score (nSPS) is 26.7. The zero-order valence-electron chi connectivity index (χ0n) is 19.8. The Labute approximate surface area is 225 Å². The van der Waals surface area contributed by atoms with E-state index in [4.69, 9.17) is 4.42 Å². The Kier molecular flexibility index (Phi) is 5.99. The Morgan fingerprint density at radius 3 is 2.55 bits per heavy atom. The number of aliphatic hydroxyl groups excluding tert-OH is 1. The average Bonchev–Trinajstić information content (AvgIpc) is 3.48. The molecule has 11 heteroatoms. The predicted octanol–water partition coefficient (Wildman–Crippen LogP) is 1.42. The van der Waals surface area contributed by atoms with E-state index >= 15 is 0 Å². The first-order chi connectivity index (χ1) is 18.2. The summed E-state index contributed by atoms with van der Waals surface area (Å²) in [6.07, 6.45) is 3.48. The number of fused-ring (bicyclic) bond motifs is 3. The van der Waals surface area contributed by atoms with E-state index in [1.807, 2.05) is 6.08 Å². The Morgan fingerprint density at radius 1 is 1.05 bits per heavy atom. The smallest absolute Gasteiger partial charge is 0.463 e. The maximum Gasteiger partial charge on any atom is 0.488 e. The van der Waals surface area contributed by atoms with E-state index in [1.54, 1.807) is 18.2 Å². The molecule has 2 aromatic rings. The summed E-state index contributed by atoms with van der Waals surface area (Å²) in [5.41, 5.74) is 1.69. The summed E-state index contributed by atoms with van der Waals surface area (Å²) >= 11 is 3.19. The molecule has 4 aliphatic rings. The maximum absolute atomic E-state index is 13.9. The number of furan rings is 1. The Morgan fingerprint density at radius 2 is 1.84 bits per heavy atom. The van der Waals surface area contributed by atoms with Crippen LogP contribution in [0.4, 0.5) is 5.69 Å². The highest BCUT2D eigenvalue weighted by Gasteiger charge is 2.57. The number of carbonyl (C=O) groups is 4. The van der Waals surface area contributed by atoms with E-state index in [0.29, 0.717) is 11.5 Å². The molecular weight excluding hydrogens is 557 g/mol. The second-order valence-electron chi connectivity index (χ2n) is 9.84. The molecule has 3 N–H and O–H groups in total. The van der Waals surface area contributed by atoms with Crippen LogP contribution in [0.1, 0.15) is 30.3 Å². The molecule has 3 aliphatic carbocycles. The average molecular weight is 578 g/mol. The van der Waals surface area contributed by atoms with E-state index in [1.165, 1.54) is 24.3 Å². The van der Waals surface area contributed by atoms with Crippen LogP contribution in [0.15, 0.2) is 74.2 Å². The van der Waals surface area contributed by atoms with Crippen molar-refractivity contribution in [2.45, 2.75) is 25.4 Å². The first-order valence-electron chi connectivity index (χ1n) is 12.1. The van der Waals surface area contributed by atoms with Crippen molar-refractivity contribution in [2.24, 2.45) is 17.8 Å². The van der Waals surface area contributed by atoms with E-state index in [2.05, 4.69) is 15.9 Å². The van der Waals surface area contributed by atoms with Gasteiger partial charge in [-0.3, -0.25) is 24.1 Å². The van der Waals surface area contributed by atoms with Crippen molar-refractivity contribution < 1.29 is 38.7 Å². The number of hydrogen-bond donors (Lipinski definition) is 3. The van der Waals surface area contributed by atoms with Gasteiger partial charge in [-0.25, -0.2) is 0 Å². The third kappa shape index (κ3) is 3.64. The van der Waals surface area contributed by atoms with Crippen LogP contribution in [0, 0.1) is 17.8 Å². The van der Waals surface area contributed by atoms with Gasteiger partial charge in [-0.1, -0.05) is 23.8 Å². The number of anilines is 1. The molecule has 2 heterocycles. The molecule has 38 heavy (non-hydrogen) atoms. The van der Waals surface area contributed by atoms with Crippen LogP contribution in [-0.4, -0.2) is 45.7 Å². The molecule has 1 aromatic carbocycles. The molecule has 1 aromatic heterocycles. The standard InChI is InChI=1S/C27H21BBrNO8/c29-19-10-20(32)23-18(25(19)33)9-17-15(24(23)21-7-4-14(11-31)38-21)5-6-16-22(17)27(35)30(26(16)34)13-3-1-2-12(8-13)28(36)37/h1-5,7-8,10,16-17,22,24,31,36-37H,6,9,11H2/t16-,17+,22-,24+/m0/s1. The second kappa shape index (κ2) is 9.13. The molecule has 192 valence electrons. The Balaban J connectivity index is 1.45. The number of imide groups is 1. The number of amides is 2. The van der Waals surface area contributed by atoms with Crippen molar-refractivity contribution in [3.05, 3.63) is 81.3 Å². The molecule has 0 spiro atoms. The quantitative estimate of drug-likeness (QED) is 0.214. The van der Waals surface area contributed by atoms with Gasteiger partial charge in [0.1, 0.15) is 18.1 Å². The number of hydrogen-bond acceptors (Lipinski definition) is 8. The van der Waals surface area contributed by atoms with Crippen LogP contribution in [-0.2, 0) is 25.8 Å². The van der Waals surface area contributed by atoms with E-state index < -0.39 is 42.6 Å². The minimum absolute atomic E-state index is 0.113. The topological polar surface area (TPSA) is 145 Å². The zero-order chi connectivity index (χ0) is 26.9. The third-order valence-electron chi connectivity index (χ3n) is 7.88. The molecule has 0 bridgehead atoms. The Bertz CT molecular complexity index is 1520. The molecule has 1 fully saturated rings. The summed E-state index contributed by atoms with van der Waals surface area (Å²) in [5.74, 6) is -3.57. The largest absolute Gasteiger partial charge is 0.488 e. The summed E-state index contributed by atoms with van der Waals surface area (Å²) in [6.45, 7) is -0.340. The van der Waals surface area contributed by atoms with Gasteiger partial charge >= 0.3 is 7.12 Å². The first kappa shape index (κ1) is 24.9. The van der Waals surface area contributed by atoms with Gasteiger partial charge in [0, 0.05) is 17.2 Å². The summed E-state index contributed by atoms with van der Waals surface area (Å²) in [4.78, 5) is 54.8. The number of benzene rings is 1. The van der Waals surface area contributed by atoms with Gasteiger partial charge in [-0.15, -0.1) is 0 Å². The van der Waals surface area contributed by atoms with Crippen molar-refractivity contribution >= 4 is 57.6 Å². The Hall–Kier alpha value is -3.38. The highest BCUT2D eigenvalue weighted by molar-refractivity contribution is 9.12. The molecule has 0 radical (unpaired) electrons. The van der Waals surface area contributed by atoms with Crippen LogP contribution in [0.5, 0.6) is 0 Å². The summed E-state index contributed by atoms with van der Waals surface area (Å²) < 4.78 is 5.97. The highest BCUT2D eigenvalue weighted by atomic mass is 79.9. The van der Waals surface area contributed by atoms with Crippen molar-refractivity contribution in [3.8, 4) is 0 Å². The molecule has 9 nitrogen and oxygen atoms in total. The van der Waals surface area contributed by atoms with Gasteiger partial charge in [0.05, 0.1) is 27.9 Å². The second-order valence-corrected chi connectivity index (χ2v) is 10.7. The lowest BCUT2D eigenvalue weighted by Gasteiger charge is -2.41. The van der Waals surface area contributed by atoms with Gasteiger partial charge in [0.2, 0.25) is 11.8 Å². The fourth-order valence-electron chi connectivity index (χ4n) is 6.25. The van der Waals surface area contributed by atoms with Crippen LogP contribution in [0.2, 0.25) is 0 Å². The number of nitrogens with zero attached hydrogens (tertiary/aromatic N) is 1. The molecule has 0 unspecified atom stereocenters. The minimum Gasteiger partial charge on any atom is -0.463 e. The number of Topliss-reactive ketones (excluding diaryl/α,β-unsaturated/α-hetero) is 1. The molecular formula is C27H21BBrNO8. The maximum atomic E-state index is 13.9. The summed E-state index contributed by atoms with van der Waals surface area (Å²) in [5, 5.41) is 28.7. The lowest BCUT2D eigenvalue weighted by molar-refractivity contribution is -0.123. The van der Waals surface area contributed by atoms with Crippen molar-refractivity contribution in [1.82, 2.24) is 0 Å². The zero-order valence-corrected chi connectivity index (χ0v) is 21.4. The molecule has 6 rings (SSSR count). The summed E-state index contributed by atoms with van der Waals surface area (Å²) in [7, 11) is -1.76. The van der Waals surface area contributed by atoms with Gasteiger partial charge < -0.3 is 19.6 Å². The predicted molar refractivity (Wildman–Crippen MR) is 138 cm³/mol. The minimum atomic E-state index is -1.76. The van der Waals surface area contributed by atoms with E-state index in [0.717, 1.165) is 10.5 Å². The number of rotatable bonds is 4. The van der Waals surface area contributed by atoms with Crippen molar-refractivity contribution in [1.29, 1.82) is 0 Å². The molecule has 1 saturated heterocycles. The van der Waals surface area contributed by atoms with Crippen molar-refractivity contribution in [3.63, 3.8) is 0 Å². The molecule has 2 amide bonds. The number of allylic oxidation sites excluding steroid dienone is 6. The van der Waals surface area contributed by atoms with Crippen LogP contribution in [0.3, 0.4) is 0 Å². The fraction of sp³-hybridized carbons (Fsp3) is 0.259. The third-order valence-corrected chi connectivity index (χ3v) is 8.47. The number of carbonyl (C=O) groups excluding carboxylic acids is 4. The van der Waals surface area contributed by atoms with Gasteiger partial charge in [0.25, 0.3) is 0 Å². The SMILES string of the molecule is O=C1C=C(Br)C(=O)C2=C1[C@@H](c1ccc(CO)o1)C1=CC[C@@H]3C(=O)N(c4cccc(B(O)O)c4)C(=O)[C@@H]3[C@@H]1C2. The number of ketones is 2. The monoisotopic (exact) mass is 577 g/mol. The molecule has 0 saturated carbocycles. The summed E-state index contributed by atoms with van der Waals surface area (Å²) in [6, 6.07) is 9.22. The van der Waals surface area contributed by atoms with Crippen molar-refractivity contribution in [2.75, 3.05) is 4.90 Å². The molecule has 4 atom stereocenters. The fourth-order valence-corrected chi connectivity index (χ4v) is 6.69. The molecule has 1 aliphatic heterocycles. The van der Waals surface area contributed by atoms with Crippen LogP contribution < -0.4 is 10.4 Å². The lowest BCUT2D eigenvalue weighted by atomic mass is 9.60. The first-order valence-corrected chi connectivity index (χ1v) is 12.9. The lowest BCUT2D eigenvalue weighted by Crippen LogP contribution is -2.39. The van der Waals surface area contributed by atoms with E-state index in [-0.39, 0.29) is 57.8 Å². The van der Waals surface area contributed by atoms with Gasteiger partial charge in [-0.2, -0.15) is 0 Å². The van der Waals surface area contributed by atoms with E-state index in [9.17, 15) is 34.3 Å². The highest BCUT2D eigenvalue weighted by Crippen LogP contribution is 2.55. The number of halogens is 1. The van der Waals surface area contributed by atoms with Gasteiger partial charge in [-0.05, 0) is 64.4 Å². The van der Waals surface area contributed by atoms with Crippen LogP contribution >= 0.6 is 15.9 Å². The van der Waals surface area contributed by atoms with Gasteiger partial charge in [0.15, 0.2) is 11.6 Å².